The molecule has 0 amide bonds. The van der Waals surface area contributed by atoms with Crippen molar-refractivity contribution < 1.29 is 4.39 Å². The standard InChI is InChI=1S/C17H17FN6/c18-15-9-21-17(24-13-4-14(24)8-20-7-13)23-16(15)22-12-2-1-10-5-19-6-11(10)3-12/h1-3,6,9,13-14,20H,4-5,7-8H2,(H,21,22,23). The van der Waals surface area contributed by atoms with Gasteiger partial charge in [-0.25, -0.2) is 9.37 Å². The van der Waals surface area contributed by atoms with Crippen LogP contribution < -0.4 is 15.5 Å². The van der Waals surface area contributed by atoms with Crippen LogP contribution in [0, 0.1) is 5.82 Å². The SMILES string of the molecule is Fc1cnc(N2C3CNCC2C3)nc1Nc1ccc2c(c1)C=NC2. The van der Waals surface area contributed by atoms with Crippen molar-refractivity contribution in [3.63, 3.8) is 0 Å². The van der Waals surface area contributed by atoms with E-state index in [1.54, 1.807) is 0 Å². The number of hydrogen-bond donors (Lipinski definition) is 2. The summed E-state index contributed by atoms with van der Waals surface area (Å²) in [6, 6.07) is 6.74. The Morgan fingerprint density at radius 1 is 1.25 bits per heavy atom. The molecule has 3 aliphatic heterocycles. The topological polar surface area (TPSA) is 65.4 Å². The molecule has 122 valence electrons. The van der Waals surface area contributed by atoms with Gasteiger partial charge in [0.05, 0.1) is 12.7 Å². The Kier molecular flexibility index (Phi) is 3.02. The molecule has 2 fully saturated rings. The summed E-state index contributed by atoms with van der Waals surface area (Å²) >= 11 is 0. The predicted molar refractivity (Wildman–Crippen MR) is 90.6 cm³/mol. The van der Waals surface area contributed by atoms with Crippen LogP contribution in [-0.2, 0) is 6.54 Å². The molecule has 3 aliphatic rings. The minimum Gasteiger partial charge on any atom is -0.338 e. The summed E-state index contributed by atoms with van der Waals surface area (Å²) in [6.07, 6.45) is 4.25. The first-order chi connectivity index (χ1) is 11.8. The highest BCUT2D eigenvalue weighted by molar-refractivity contribution is 5.86. The average Bonchev–Trinajstić information content (AvgIpc) is 3.06. The zero-order valence-electron chi connectivity index (χ0n) is 13.0. The lowest BCUT2D eigenvalue weighted by Crippen LogP contribution is -2.68. The lowest BCUT2D eigenvalue weighted by molar-refractivity contribution is 0.258. The van der Waals surface area contributed by atoms with Gasteiger partial charge in [-0.2, -0.15) is 4.98 Å². The molecule has 2 aromatic rings. The fraction of sp³-hybridized carbons (Fsp3) is 0.353. The van der Waals surface area contributed by atoms with Crippen LogP contribution in [0.5, 0.6) is 0 Å². The van der Waals surface area contributed by atoms with Crippen LogP contribution in [0.1, 0.15) is 17.5 Å². The maximum absolute atomic E-state index is 14.2. The predicted octanol–water partition coefficient (Wildman–Crippen LogP) is 1.84. The Bertz CT molecular complexity index is 822. The largest absolute Gasteiger partial charge is 0.338 e. The minimum atomic E-state index is -0.447. The number of nitrogens with zero attached hydrogens (tertiary/aromatic N) is 4. The highest BCUT2D eigenvalue weighted by Crippen LogP contribution is 2.33. The first-order valence-electron chi connectivity index (χ1n) is 8.19. The van der Waals surface area contributed by atoms with Gasteiger partial charge in [0.15, 0.2) is 11.6 Å². The molecule has 4 heterocycles. The van der Waals surface area contributed by atoms with Crippen molar-refractivity contribution in [2.24, 2.45) is 4.99 Å². The van der Waals surface area contributed by atoms with Crippen molar-refractivity contribution in [1.82, 2.24) is 15.3 Å². The maximum atomic E-state index is 14.2. The quantitative estimate of drug-likeness (QED) is 0.902. The van der Waals surface area contributed by atoms with Crippen molar-refractivity contribution in [1.29, 1.82) is 0 Å². The third kappa shape index (κ3) is 2.16. The van der Waals surface area contributed by atoms with Gasteiger partial charge in [0, 0.05) is 37.1 Å². The highest BCUT2D eigenvalue weighted by Gasteiger charge is 2.43. The molecule has 2 unspecified atom stereocenters. The van der Waals surface area contributed by atoms with E-state index in [1.807, 2.05) is 24.4 Å². The molecule has 6 nitrogen and oxygen atoms in total. The van der Waals surface area contributed by atoms with Crippen LogP contribution in [0.15, 0.2) is 29.4 Å². The third-order valence-electron chi connectivity index (χ3n) is 4.95. The van der Waals surface area contributed by atoms with Gasteiger partial charge in [-0.15, -0.1) is 0 Å². The number of fused-ring (bicyclic) bond motifs is 3. The molecular formula is C17H17FN6. The zero-order valence-corrected chi connectivity index (χ0v) is 13.0. The molecule has 0 aliphatic carbocycles. The molecule has 2 bridgehead atoms. The average molecular weight is 324 g/mol. The fourth-order valence-corrected chi connectivity index (χ4v) is 3.69. The number of benzene rings is 1. The molecule has 0 spiro atoms. The van der Waals surface area contributed by atoms with Gasteiger partial charge in [0.1, 0.15) is 0 Å². The Morgan fingerprint density at radius 2 is 2.12 bits per heavy atom. The van der Waals surface area contributed by atoms with E-state index in [2.05, 4.69) is 30.5 Å². The van der Waals surface area contributed by atoms with Gasteiger partial charge in [0.2, 0.25) is 5.95 Å². The van der Waals surface area contributed by atoms with Crippen LogP contribution in [0.2, 0.25) is 0 Å². The van der Waals surface area contributed by atoms with Gasteiger partial charge >= 0.3 is 0 Å². The van der Waals surface area contributed by atoms with Gasteiger partial charge < -0.3 is 15.5 Å². The summed E-state index contributed by atoms with van der Waals surface area (Å²) in [4.78, 5) is 15.1. The number of nitrogens with one attached hydrogen (secondary N) is 2. The summed E-state index contributed by atoms with van der Waals surface area (Å²) < 4.78 is 14.2. The Balaban J connectivity index is 1.43. The van der Waals surface area contributed by atoms with Crippen LogP contribution in [0.25, 0.3) is 0 Å². The highest BCUT2D eigenvalue weighted by atomic mass is 19.1. The molecule has 0 saturated carbocycles. The summed E-state index contributed by atoms with van der Waals surface area (Å²) in [7, 11) is 0. The Labute approximate surface area is 138 Å². The van der Waals surface area contributed by atoms with Gasteiger partial charge in [-0.3, -0.25) is 4.99 Å². The molecule has 2 saturated heterocycles. The van der Waals surface area contributed by atoms with Crippen molar-refractivity contribution in [3.8, 4) is 0 Å². The van der Waals surface area contributed by atoms with Crippen molar-refractivity contribution in [3.05, 3.63) is 41.3 Å². The van der Waals surface area contributed by atoms with Crippen molar-refractivity contribution in [2.45, 2.75) is 25.0 Å². The number of piperazine rings is 1. The molecule has 1 aromatic carbocycles. The Hall–Kier alpha value is -2.54. The second-order valence-electron chi connectivity index (χ2n) is 6.48. The third-order valence-corrected chi connectivity index (χ3v) is 4.95. The molecular weight excluding hydrogens is 307 g/mol. The van der Waals surface area contributed by atoms with E-state index < -0.39 is 5.82 Å². The van der Waals surface area contributed by atoms with E-state index in [0.29, 0.717) is 24.6 Å². The van der Waals surface area contributed by atoms with Gasteiger partial charge in [-0.1, -0.05) is 6.07 Å². The molecule has 7 heteroatoms. The van der Waals surface area contributed by atoms with E-state index in [-0.39, 0.29) is 5.82 Å². The number of aromatic nitrogens is 2. The zero-order chi connectivity index (χ0) is 16.1. The Morgan fingerprint density at radius 3 is 2.96 bits per heavy atom. The van der Waals surface area contributed by atoms with E-state index in [9.17, 15) is 4.39 Å². The van der Waals surface area contributed by atoms with Crippen LogP contribution in [-0.4, -0.2) is 41.4 Å². The van der Waals surface area contributed by atoms with Gasteiger partial charge in [-0.05, 0) is 29.7 Å². The molecule has 2 atom stereocenters. The summed E-state index contributed by atoms with van der Waals surface area (Å²) in [6.45, 7) is 2.59. The smallest absolute Gasteiger partial charge is 0.228 e. The molecule has 5 rings (SSSR count). The summed E-state index contributed by atoms with van der Waals surface area (Å²) in [5.41, 5.74) is 3.06. The minimum absolute atomic E-state index is 0.216. The number of piperidine rings is 1. The normalized spacial score (nSPS) is 23.8. The number of halogens is 1. The van der Waals surface area contributed by atoms with Crippen LogP contribution in [0.4, 0.5) is 21.8 Å². The van der Waals surface area contributed by atoms with E-state index in [1.165, 1.54) is 11.8 Å². The molecule has 2 N–H and O–H groups in total. The number of hydrogen-bond acceptors (Lipinski definition) is 6. The van der Waals surface area contributed by atoms with E-state index in [4.69, 9.17) is 0 Å². The summed E-state index contributed by atoms with van der Waals surface area (Å²) in [5.74, 6) is 0.369. The lowest BCUT2D eigenvalue weighted by atomic mass is 9.89. The van der Waals surface area contributed by atoms with Crippen molar-refractivity contribution >= 4 is 23.7 Å². The number of anilines is 3. The van der Waals surface area contributed by atoms with Crippen LogP contribution >= 0.6 is 0 Å². The lowest BCUT2D eigenvalue weighted by Gasteiger charge is -2.53. The number of rotatable bonds is 3. The van der Waals surface area contributed by atoms with E-state index >= 15 is 0 Å². The molecule has 1 aromatic heterocycles. The fourth-order valence-electron chi connectivity index (χ4n) is 3.69. The maximum Gasteiger partial charge on any atom is 0.228 e. The number of aliphatic imine (C=N–C) groups is 1. The first-order valence-corrected chi connectivity index (χ1v) is 8.19. The van der Waals surface area contributed by atoms with E-state index in [0.717, 1.165) is 30.8 Å². The second-order valence-corrected chi connectivity index (χ2v) is 6.48. The second kappa shape index (κ2) is 5.24. The van der Waals surface area contributed by atoms with Gasteiger partial charge in [0.25, 0.3) is 0 Å². The molecule has 24 heavy (non-hydrogen) atoms. The first kappa shape index (κ1) is 13.9. The summed E-state index contributed by atoms with van der Waals surface area (Å²) in [5, 5.41) is 6.46. The van der Waals surface area contributed by atoms with Crippen LogP contribution in [0.3, 0.4) is 0 Å². The van der Waals surface area contributed by atoms with Crippen molar-refractivity contribution in [2.75, 3.05) is 23.3 Å². The molecule has 0 radical (unpaired) electrons. The monoisotopic (exact) mass is 324 g/mol.